The van der Waals surface area contributed by atoms with Gasteiger partial charge in [-0.3, -0.25) is 4.90 Å². The molecule has 2 heterocycles. The Hall–Kier alpha value is -1.17. The van der Waals surface area contributed by atoms with E-state index in [4.69, 9.17) is 4.74 Å². The fourth-order valence-corrected chi connectivity index (χ4v) is 4.59. The minimum atomic E-state index is -0.406. The van der Waals surface area contributed by atoms with Crippen LogP contribution in [0.1, 0.15) is 40.0 Å². The van der Waals surface area contributed by atoms with Crippen LogP contribution in [-0.4, -0.2) is 66.5 Å². The van der Waals surface area contributed by atoms with Crippen LogP contribution in [0, 0.1) is 17.8 Å². The van der Waals surface area contributed by atoms with Gasteiger partial charge in [-0.1, -0.05) is 33.3 Å². The first-order valence-electron chi connectivity index (χ1n) is 10.7. The summed E-state index contributed by atoms with van der Waals surface area (Å²) < 4.78 is 6.22. The fourth-order valence-electron chi connectivity index (χ4n) is 4.59. The van der Waals surface area contributed by atoms with E-state index < -0.39 is 6.10 Å². The van der Waals surface area contributed by atoms with Crippen LogP contribution in [-0.2, 0) is 4.74 Å². The molecule has 4 atom stereocenters. The molecule has 1 aromatic heterocycles. The Labute approximate surface area is 164 Å². The van der Waals surface area contributed by atoms with E-state index in [9.17, 15) is 5.11 Å². The molecular weight excluding hydrogens is 338 g/mol. The van der Waals surface area contributed by atoms with Crippen molar-refractivity contribution >= 4 is 5.82 Å². The van der Waals surface area contributed by atoms with E-state index in [1.165, 1.54) is 12.8 Å². The van der Waals surface area contributed by atoms with Crippen LogP contribution < -0.4 is 4.90 Å². The minimum absolute atomic E-state index is 0.310. The molecule has 0 spiro atoms. The summed E-state index contributed by atoms with van der Waals surface area (Å²) in [5, 5.41) is 10.5. The highest BCUT2D eigenvalue weighted by atomic mass is 16.5. The summed E-state index contributed by atoms with van der Waals surface area (Å²) in [6, 6.07) is 6.05. The first-order chi connectivity index (χ1) is 13.0. The van der Waals surface area contributed by atoms with Gasteiger partial charge in [-0.25, -0.2) is 4.98 Å². The van der Waals surface area contributed by atoms with Crippen molar-refractivity contribution in [3.63, 3.8) is 0 Å². The largest absolute Gasteiger partial charge is 0.389 e. The quantitative estimate of drug-likeness (QED) is 0.794. The van der Waals surface area contributed by atoms with Crippen molar-refractivity contribution in [2.24, 2.45) is 17.8 Å². The molecule has 0 amide bonds. The molecule has 27 heavy (non-hydrogen) atoms. The van der Waals surface area contributed by atoms with E-state index in [1.807, 2.05) is 18.3 Å². The lowest BCUT2D eigenvalue weighted by atomic mass is 9.75. The number of rotatable bonds is 7. The molecule has 0 bridgehead atoms. The van der Waals surface area contributed by atoms with Crippen LogP contribution in [0.25, 0.3) is 0 Å². The summed E-state index contributed by atoms with van der Waals surface area (Å²) in [6.07, 6.45) is 5.46. The van der Waals surface area contributed by atoms with Gasteiger partial charge in [0.2, 0.25) is 0 Å². The van der Waals surface area contributed by atoms with Crippen molar-refractivity contribution in [1.82, 2.24) is 9.88 Å². The molecule has 1 aliphatic heterocycles. The molecule has 0 aromatic carbocycles. The predicted octanol–water partition coefficient (Wildman–Crippen LogP) is 3.04. The Kier molecular flexibility index (Phi) is 7.50. The molecule has 1 saturated carbocycles. The first kappa shape index (κ1) is 20.6. The summed E-state index contributed by atoms with van der Waals surface area (Å²) in [6.45, 7) is 11.9. The lowest BCUT2D eigenvalue weighted by molar-refractivity contribution is -0.0740. The van der Waals surface area contributed by atoms with E-state index in [-0.39, 0.29) is 0 Å². The van der Waals surface area contributed by atoms with Crippen LogP contribution >= 0.6 is 0 Å². The van der Waals surface area contributed by atoms with E-state index in [2.05, 4.69) is 41.6 Å². The van der Waals surface area contributed by atoms with E-state index in [0.717, 1.165) is 44.3 Å². The number of nitrogens with zero attached hydrogens (tertiary/aromatic N) is 3. The third-order valence-corrected chi connectivity index (χ3v) is 6.28. The fraction of sp³-hybridized carbons (Fsp3) is 0.773. The summed E-state index contributed by atoms with van der Waals surface area (Å²) in [4.78, 5) is 9.09. The number of piperazine rings is 1. The van der Waals surface area contributed by atoms with Gasteiger partial charge in [0.05, 0.1) is 18.8 Å². The number of hydrogen-bond acceptors (Lipinski definition) is 5. The van der Waals surface area contributed by atoms with Gasteiger partial charge < -0.3 is 14.7 Å². The number of β-amino-alcohol motifs (C(OH)–C–C–N with tert-alkyl or cyclic N) is 1. The minimum Gasteiger partial charge on any atom is -0.389 e. The molecule has 2 aliphatic rings. The van der Waals surface area contributed by atoms with Crippen molar-refractivity contribution in [3.05, 3.63) is 24.4 Å². The molecule has 1 saturated heterocycles. The first-order valence-corrected chi connectivity index (χ1v) is 10.7. The highest BCUT2D eigenvalue weighted by Crippen LogP contribution is 2.35. The molecule has 0 radical (unpaired) electrons. The zero-order valence-electron chi connectivity index (χ0n) is 17.3. The zero-order valence-corrected chi connectivity index (χ0v) is 17.3. The van der Waals surface area contributed by atoms with Crippen LogP contribution in [0.3, 0.4) is 0 Å². The molecule has 1 aromatic rings. The number of anilines is 1. The molecule has 5 nitrogen and oxygen atoms in total. The highest BCUT2D eigenvalue weighted by Gasteiger charge is 2.32. The lowest BCUT2D eigenvalue weighted by Crippen LogP contribution is -2.49. The van der Waals surface area contributed by atoms with E-state index in [0.29, 0.717) is 31.1 Å². The average molecular weight is 376 g/mol. The Morgan fingerprint density at radius 2 is 1.96 bits per heavy atom. The third kappa shape index (κ3) is 5.90. The van der Waals surface area contributed by atoms with Gasteiger partial charge in [-0.2, -0.15) is 0 Å². The molecule has 5 heteroatoms. The van der Waals surface area contributed by atoms with E-state index in [1.54, 1.807) is 0 Å². The summed E-state index contributed by atoms with van der Waals surface area (Å²) in [7, 11) is 0. The molecular formula is C22H37N3O2. The van der Waals surface area contributed by atoms with Crippen molar-refractivity contribution in [1.29, 1.82) is 0 Å². The standard InChI is InChI=1S/C22H37N3O2/c1-17(2)20-8-7-18(3)14-21(20)27-16-19(26)15-24-10-12-25(13-11-24)22-6-4-5-9-23-22/h4-6,9,17-21,26H,7-8,10-16H2,1-3H3/t18-,19-,20+,21-/m0/s1. The zero-order chi connectivity index (χ0) is 19.2. The Balaban J connectivity index is 1.40. The smallest absolute Gasteiger partial charge is 0.128 e. The number of aromatic nitrogens is 1. The number of aliphatic hydroxyl groups is 1. The lowest BCUT2D eigenvalue weighted by Gasteiger charge is -2.38. The second-order valence-corrected chi connectivity index (χ2v) is 8.83. The third-order valence-electron chi connectivity index (χ3n) is 6.28. The van der Waals surface area contributed by atoms with Gasteiger partial charge in [0.1, 0.15) is 5.82 Å². The number of ether oxygens (including phenoxy) is 1. The van der Waals surface area contributed by atoms with Gasteiger partial charge in [0, 0.05) is 38.9 Å². The normalized spacial score (nSPS) is 28.5. The number of pyridine rings is 1. The molecule has 1 aliphatic carbocycles. The molecule has 152 valence electrons. The Morgan fingerprint density at radius 1 is 1.19 bits per heavy atom. The number of aliphatic hydroxyl groups excluding tert-OH is 1. The maximum Gasteiger partial charge on any atom is 0.128 e. The van der Waals surface area contributed by atoms with Gasteiger partial charge in [-0.15, -0.1) is 0 Å². The summed E-state index contributed by atoms with van der Waals surface area (Å²) >= 11 is 0. The SMILES string of the molecule is CC(C)[C@H]1CC[C@H](C)C[C@@H]1OC[C@@H](O)CN1CCN(c2ccccn2)CC1. The van der Waals surface area contributed by atoms with Crippen LogP contribution in [0.4, 0.5) is 5.82 Å². The van der Waals surface area contributed by atoms with Crippen molar-refractivity contribution in [3.8, 4) is 0 Å². The molecule has 1 N–H and O–H groups in total. The van der Waals surface area contributed by atoms with Gasteiger partial charge in [0.15, 0.2) is 0 Å². The molecule has 3 rings (SSSR count). The molecule has 0 unspecified atom stereocenters. The average Bonchev–Trinajstić information content (AvgIpc) is 2.67. The van der Waals surface area contributed by atoms with Crippen molar-refractivity contribution in [2.75, 3.05) is 44.2 Å². The van der Waals surface area contributed by atoms with Gasteiger partial charge in [0.25, 0.3) is 0 Å². The van der Waals surface area contributed by atoms with Gasteiger partial charge in [-0.05, 0) is 42.7 Å². The highest BCUT2D eigenvalue weighted by molar-refractivity contribution is 5.38. The second kappa shape index (κ2) is 9.85. The van der Waals surface area contributed by atoms with Crippen molar-refractivity contribution < 1.29 is 9.84 Å². The maximum absolute atomic E-state index is 10.5. The summed E-state index contributed by atoms with van der Waals surface area (Å²) in [5.41, 5.74) is 0. The van der Waals surface area contributed by atoms with Crippen LogP contribution in [0.2, 0.25) is 0 Å². The van der Waals surface area contributed by atoms with E-state index >= 15 is 0 Å². The second-order valence-electron chi connectivity index (χ2n) is 8.83. The predicted molar refractivity (Wildman–Crippen MR) is 110 cm³/mol. The Bertz CT molecular complexity index is 546. The topological polar surface area (TPSA) is 48.8 Å². The number of hydrogen-bond donors (Lipinski definition) is 1. The molecule has 2 fully saturated rings. The Morgan fingerprint density at radius 3 is 2.63 bits per heavy atom. The van der Waals surface area contributed by atoms with Crippen molar-refractivity contribution in [2.45, 2.75) is 52.2 Å². The van der Waals surface area contributed by atoms with Crippen LogP contribution in [0.15, 0.2) is 24.4 Å². The summed E-state index contributed by atoms with van der Waals surface area (Å²) in [5.74, 6) is 3.07. The van der Waals surface area contributed by atoms with Crippen LogP contribution in [0.5, 0.6) is 0 Å². The monoisotopic (exact) mass is 375 g/mol. The maximum atomic E-state index is 10.5. The van der Waals surface area contributed by atoms with Gasteiger partial charge >= 0.3 is 0 Å².